The fraction of sp³-hybridized carbons (Fsp3) is 0. The molecule has 5 nitrogen and oxygen atoms in total. The quantitative estimate of drug-likeness (QED) is 0.650. The highest BCUT2D eigenvalue weighted by atomic mass is 35.5. The normalized spacial score (nSPS) is 10.8. The molecule has 0 radical (unpaired) electrons. The van der Waals surface area contributed by atoms with Gasteiger partial charge in [0, 0.05) is 5.56 Å². The molecule has 7 heteroatoms. The lowest BCUT2D eigenvalue weighted by Crippen LogP contribution is -2.09. The minimum absolute atomic E-state index is 0.0393. The number of aromatic amines is 1. The second-order valence-corrected chi connectivity index (χ2v) is 4.01. The summed E-state index contributed by atoms with van der Waals surface area (Å²) in [4.78, 5) is 11.1. The highest BCUT2D eigenvalue weighted by molar-refractivity contribution is 7.08. The standard InChI is InChI=1S/C9H7ClN4OS/c10-8-7(4-12-14-9(8)15)13-11-3-6-1-2-16-5-6/h1-5H,(H2,13,14,15)/b11-3-. The number of hydrogen-bond acceptors (Lipinski definition) is 5. The van der Waals surface area contributed by atoms with Crippen molar-refractivity contribution in [1.82, 2.24) is 10.2 Å². The van der Waals surface area contributed by atoms with E-state index in [2.05, 4.69) is 20.7 Å². The number of nitrogens with one attached hydrogen (secondary N) is 2. The highest BCUT2D eigenvalue weighted by Gasteiger charge is 2.02. The van der Waals surface area contributed by atoms with Gasteiger partial charge in [0.2, 0.25) is 0 Å². The third kappa shape index (κ3) is 2.47. The monoisotopic (exact) mass is 254 g/mol. The lowest BCUT2D eigenvalue weighted by molar-refractivity contribution is 0.987. The number of thiophene rings is 1. The predicted octanol–water partition coefficient (Wildman–Crippen LogP) is 1.93. The summed E-state index contributed by atoms with van der Waals surface area (Å²) >= 11 is 7.31. The van der Waals surface area contributed by atoms with E-state index in [0.717, 1.165) is 5.56 Å². The van der Waals surface area contributed by atoms with E-state index in [1.54, 1.807) is 17.6 Å². The van der Waals surface area contributed by atoms with Crippen LogP contribution in [0, 0.1) is 0 Å². The summed E-state index contributed by atoms with van der Waals surface area (Å²) in [5.41, 5.74) is 3.56. The van der Waals surface area contributed by atoms with Crippen molar-refractivity contribution in [3.63, 3.8) is 0 Å². The third-order valence-corrected chi connectivity index (χ3v) is 2.81. The van der Waals surface area contributed by atoms with Crippen LogP contribution in [0.3, 0.4) is 0 Å². The fourth-order valence-electron chi connectivity index (χ4n) is 0.986. The maximum atomic E-state index is 11.1. The second-order valence-electron chi connectivity index (χ2n) is 2.85. The summed E-state index contributed by atoms with van der Waals surface area (Å²) in [5, 5.41) is 13.7. The van der Waals surface area contributed by atoms with Gasteiger partial charge in [0.05, 0.1) is 12.4 Å². The molecule has 16 heavy (non-hydrogen) atoms. The topological polar surface area (TPSA) is 70.1 Å². The molecular weight excluding hydrogens is 248 g/mol. The Bertz CT molecular complexity index is 549. The summed E-state index contributed by atoms with van der Waals surface area (Å²) in [5.74, 6) is 0. The van der Waals surface area contributed by atoms with Gasteiger partial charge in [-0.15, -0.1) is 0 Å². The van der Waals surface area contributed by atoms with Crippen molar-refractivity contribution in [2.24, 2.45) is 5.10 Å². The van der Waals surface area contributed by atoms with Crippen LogP contribution in [-0.2, 0) is 0 Å². The Labute approximate surface area is 99.8 Å². The van der Waals surface area contributed by atoms with E-state index >= 15 is 0 Å². The molecule has 0 spiro atoms. The highest BCUT2D eigenvalue weighted by Crippen LogP contribution is 2.13. The summed E-state index contributed by atoms with van der Waals surface area (Å²) < 4.78 is 0. The zero-order valence-corrected chi connectivity index (χ0v) is 9.55. The Kier molecular flexibility index (Phi) is 3.33. The second kappa shape index (κ2) is 4.91. The summed E-state index contributed by atoms with van der Waals surface area (Å²) in [6, 6.07) is 1.92. The number of anilines is 1. The van der Waals surface area contributed by atoms with Gasteiger partial charge >= 0.3 is 0 Å². The lowest BCUT2D eigenvalue weighted by atomic mass is 10.4. The Morgan fingerprint density at radius 3 is 3.25 bits per heavy atom. The first-order chi connectivity index (χ1) is 7.77. The molecule has 0 unspecified atom stereocenters. The first-order valence-corrected chi connectivity index (χ1v) is 5.64. The van der Waals surface area contributed by atoms with Gasteiger partial charge in [0.25, 0.3) is 5.56 Å². The average Bonchev–Trinajstić information content (AvgIpc) is 2.77. The largest absolute Gasteiger partial charge is 0.285 e. The molecule has 0 aliphatic heterocycles. The van der Waals surface area contributed by atoms with Crippen molar-refractivity contribution in [2.45, 2.75) is 0 Å². The fourth-order valence-corrected chi connectivity index (χ4v) is 1.73. The minimum Gasteiger partial charge on any atom is -0.275 e. The predicted molar refractivity (Wildman–Crippen MR) is 65.4 cm³/mol. The Morgan fingerprint density at radius 1 is 1.62 bits per heavy atom. The number of aromatic nitrogens is 2. The van der Waals surface area contributed by atoms with Crippen molar-refractivity contribution >= 4 is 34.8 Å². The van der Waals surface area contributed by atoms with Crippen LogP contribution in [0.1, 0.15) is 5.56 Å². The molecule has 0 atom stereocenters. The summed E-state index contributed by atoms with van der Waals surface area (Å²) in [6.45, 7) is 0. The maximum Gasteiger partial charge on any atom is 0.285 e. The van der Waals surface area contributed by atoms with Crippen molar-refractivity contribution in [2.75, 3.05) is 5.43 Å². The number of nitrogens with zero attached hydrogens (tertiary/aromatic N) is 2. The van der Waals surface area contributed by atoms with Gasteiger partial charge in [-0.05, 0) is 16.8 Å². The summed E-state index contributed by atoms with van der Waals surface area (Å²) in [6.07, 6.45) is 3.03. The Hall–Kier alpha value is -1.66. The van der Waals surface area contributed by atoms with E-state index in [0.29, 0.717) is 5.69 Å². The molecule has 0 saturated carbocycles. The Balaban J connectivity index is 2.11. The number of halogens is 1. The van der Waals surface area contributed by atoms with E-state index < -0.39 is 5.56 Å². The minimum atomic E-state index is -0.447. The molecule has 2 rings (SSSR count). The van der Waals surface area contributed by atoms with Crippen LogP contribution in [0.4, 0.5) is 5.69 Å². The first kappa shape index (κ1) is 10.8. The van der Waals surface area contributed by atoms with E-state index in [1.165, 1.54) is 6.20 Å². The molecule has 2 aromatic heterocycles. The smallest absolute Gasteiger partial charge is 0.275 e. The SMILES string of the molecule is O=c1[nH]ncc(N/N=C\c2ccsc2)c1Cl. The number of H-pyrrole nitrogens is 1. The molecule has 2 aromatic rings. The van der Waals surface area contributed by atoms with E-state index in [1.807, 2.05) is 16.8 Å². The van der Waals surface area contributed by atoms with Crippen molar-refractivity contribution in [3.8, 4) is 0 Å². The van der Waals surface area contributed by atoms with Gasteiger partial charge < -0.3 is 0 Å². The van der Waals surface area contributed by atoms with E-state index in [9.17, 15) is 4.79 Å². The van der Waals surface area contributed by atoms with Crippen LogP contribution in [-0.4, -0.2) is 16.4 Å². The van der Waals surface area contributed by atoms with Crippen LogP contribution in [0.15, 0.2) is 32.9 Å². The van der Waals surface area contributed by atoms with Crippen molar-refractivity contribution in [1.29, 1.82) is 0 Å². The number of rotatable bonds is 3. The number of hydrazone groups is 1. The molecule has 0 fully saturated rings. The van der Waals surface area contributed by atoms with Crippen LogP contribution in [0.25, 0.3) is 0 Å². The van der Waals surface area contributed by atoms with Gasteiger partial charge in [-0.1, -0.05) is 11.6 Å². The van der Waals surface area contributed by atoms with Gasteiger partial charge in [0.1, 0.15) is 10.7 Å². The molecule has 2 N–H and O–H groups in total. The molecule has 0 aliphatic carbocycles. The zero-order chi connectivity index (χ0) is 11.4. The van der Waals surface area contributed by atoms with Crippen LogP contribution in [0.2, 0.25) is 5.02 Å². The van der Waals surface area contributed by atoms with Crippen LogP contribution in [0.5, 0.6) is 0 Å². The van der Waals surface area contributed by atoms with Crippen LogP contribution < -0.4 is 11.0 Å². The molecule has 82 valence electrons. The molecule has 0 amide bonds. The van der Waals surface area contributed by atoms with Gasteiger partial charge in [-0.2, -0.15) is 21.5 Å². The molecule has 0 aromatic carbocycles. The molecule has 0 aliphatic rings. The third-order valence-electron chi connectivity index (χ3n) is 1.74. The van der Waals surface area contributed by atoms with Crippen LogP contribution >= 0.6 is 22.9 Å². The first-order valence-electron chi connectivity index (χ1n) is 4.32. The van der Waals surface area contributed by atoms with Gasteiger partial charge in [-0.25, -0.2) is 5.10 Å². The van der Waals surface area contributed by atoms with Gasteiger partial charge in [0.15, 0.2) is 0 Å². The molecule has 0 bridgehead atoms. The molecule has 0 saturated heterocycles. The number of hydrogen-bond donors (Lipinski definition) is 2. The zero-order valence-electron chi connectivity index (χ0n) is 7.98. The Morgan fingerprint density at radius 2 is 2.50 bits per heavy atom. The van der Waals surface area contributed by atoms with Gasteiger partial charge in [-0.3, -0.25) is 10.2 Å². The maximum absolute atomic E-state index is 11.1. The van der Waals surface area contributed by atoms with E-state index in [4.69, 9.17) is 11.6 Å². The summed E-state index contributed by atoms with van der Waals surface area (Å²) in [7, 11) is 0. The lowest BCUT2D eigenvalue weighted by Gasteiger charge is -1.99. The van der Waals surface area contributed by atoms with E-state index in [-0.39, 0.29) is 5.02 Å². The molecular formula is C9H7ClN4OS. The van der Waals surface area contributed by atoms with Crippen molar-refractivity contribution in [3.05, 3.63) is 44.0 Å². The average molecular weight is 255 g/mol. The van der Waals surface area contributed by atoms with Crippen molar-refractivity contribution < 1.29 is 0 Å². The molecule has 2 heterocycles.